The lowest BCUT2D eigenvalue weighted by Crippen LogP contribution is -2.34. The van der Waals surface area contributed by atoms with Gasteiger partial charge in [0.05, 0.1) is 24.1 Å². The largest absolute Gasteiger partial charge is 0.366 e. The molecule has 0 radical (unpaired) electrons. The van der Waals surface area contributed by atoms with E-state index in [1.165, 1.54) is 12.6 Å². The Labute approximate surface area is 152 Å². The van der Waals surface area contributed by atoms with Crippen LogP contribution in [0, 0.1) is 11.3 Å². The molecule has 4 rings (SSSR count). The lowest BCUT2D eigenvalue weighted by Gasteiger charge is -2.30. The van der Waals surface area contributed by atoms with Crippen LogP contribution in [0.2, 0.25) is 0 Å². The van der Waals surface area contributed by atoms with Gasteiger partial charge in [-0.15, -0.1) is 0 Å². The zero-order valence-electron chi connectivity index (χ0n) is 14.7. The zero-order valence-corrected chi connectivity index (χ0v) is 14.7. The Bertz CT molecular complexity index is 874. The Morgan fingerprint density at radius 3 is 2.65 bits per heavy atom. The van der Waals surface area contributed by atoms with Gasteiger partial charge < -0.3 is 5.32 Å². The summed E-state index contributed by atoms with van der Waals surface area (Å²) in [6.45, 7) is 0. The molecule has 0 aliphatic heterocycles. The highest BCUT2D eigenvalue weighted by atomic mass is 16.1. The quantitative estimate of drug-likeness (QED) is 0.913. The van der Waals surface area contributed by atoms with Crippen molar-refractivity contribution >= 4 is 5.82 Å². The van der Waals surface area contributed by atoms with Gasteiger partial charge in [-0.3, -0.25) is 4.79 Å². The molecular weight excluding hydrogens is 328 g/mol. The van der Waals surface area contributed by atoms with Gasteiger partial charge >= 0.3 is 0 Å². The minimum atomic E-state index is 0.0417. The van der Waals surface area contributed by atoms with Crippen LogP contribution in [0.1, 0.15) is 61.5 Å². The number of rotatable bonds is 3. The molecule has 134 valence electrons. The van der Waals surface area contributed by atoms with Crippen LogP contribution in [-0.2, 0) is 12.8 Å². The first-order chi connectivity index (χ1) is 12.7. The smallest absolute Gasteiger partial charge is 0.267 e. The Hall–Kier alpha value is -2.75. The van der Waals surface area contributed by atoms with E-state index in [1.54, 1.807) is 16.9 Å². The average molecular weight is 350 g/mol. The van der Waals surface area contributed by atoms with Crippen LogP contribution in [0.25, 0.3) is 0 Å². The summed E-state index contributed by atoms with van der Waals surface area (Å²) >= 11 is 0. The van der Waals surface area contributed by atoms with Crippen molar-refractivity contribution in [2.75, 3.05) is 5.32 Å². The van der Waals surface area contributed by atoms with E-state index in [1.807, 2.05) is 6.07 Å². The lowest BCUT2D eigenvalue weighted by molar-refractivity contribution is 0.300. The lowest BCUT2D eigenvalue weighted by atomic mass is 9.91. The summed E-state index contributed by atoms with van der Waals surface area (Å²) < 4.78 is 1.72. The summed E-state index contributed by atoms with van der Waals surface area (Å²) in [7, 11) is 0. The van der Waals surface area contributed by atoms with E-state index in [4.69, 9.17) is 10.4 Å². The minimum Gasteiger partial charge on any atom is -0.366 e. The number of aromatic nitrogens is 4. The first kappa shape index (κ1) is 16.7. The van der Waals surface area contributed by atoms with Crippen molar-refractivity contribution < 1.29 is 0 Å². The fraction of sp³-hybridized carbons (Fsp3) is 0.526. The Morgan fingerprint density at radius 1 is 1.12 bits per heavy atom. The zero-order chi connectivity index (χ0) is 17.9. The van der Waals surface area contributed by atoms with Crippen LogP contribution in [0.4, 0.5) is 5.82 Å². The fourth-order valence-corrected chi connectivity index (χ4v) is 3.97. The first-order valence-electron chi connectivity index (χ1n) is 9.33. The highest BCUT2D eigenvalue weighted by molar-refractivity contribution is 5.34. The van der Waals surface area contributed by atoms with Crippen molar-refractivity contribution in [3.8, 4) is 6.07 Å². The molecule has 2 aromatic heterocycles. The molecule has 2 heterocycles. The molecule has 26 heavy (non-hydrogen) atoms. The van der Waals surface area contributed by atoms with E-state index in [0.29, 0.717) is 17.6 Å². The maximum Gasteiger partial charge on any atom is 0.267 e. The number of anilines is 1. The number of aryl methyl sites for hydroxylation is 2. The van der Waals surface area contributed by atoms with Crippen molar-refractivity contribution in [2.45, 2.75) is 63.5 Å². The van der Waals surface area contributed by atoms with Crippen LogP contribution in [0.5, 0.6) is 0 Å². The molecule has 7 nitrogen and oxygen atoms in total. The van der Waals surface area contributed by atoms with Crippen molar-refractivity contribution in [1.82, 2.24) is 19.7 Å². The highest BCUT2D eigenvalue weighted by Gasteiger charge is 2.25. The van der Waals surface area contributed by atoms with Gasteiger partial charge in [0.15, 0.2) is 5.69 Å². The molecule has 0 spiro atoms. The van der Waals surface area contributed by atoms with Crippen LogP contribution >= 0.6 is 0 Å². The maximum absolute atomic E-state index is 12.5. The molecule has 0 bridgehead atoms. The average Bonchev–Trinajstić information content (AvgIpc) is 2.69. The van der Waals surface area contributed by atoms with Gasteiger partial charge in [0.1, 0.15) is 11.9 Å². The van der Waals surface area contributed by atoms with E-state index >= 15 is 0 Å². The monoisotopic (exact) mass is 350 g/mol. The third kappa shape index (κ3) is 3.45. The van der Waals surface area contributed by atoms with Gasteiger partial charge in [-0.05, 0) is 56.9 Å². The third-order valence-corrected chi connectivity index (χ3v) is 5.39. The normalized spacial score (nSPS) is 22.3. The SMILES string of the molecule is N#Cc1cnc(NC2CCC(n3nc4c(cc3=O)CCCC4)CC2)cn1. The Morgan fingerprint density at radius 2 is 1.92 bits per heavy atom. The van der Waals surface area contributed by atoms with E-state index in [-0.39, 0.29) is 11.6 Å². The van der Waals surface area contributed by atoms with Crippen molar-refractivity contribution in [1.29, 1.82) is 5.26 Å². The Kier molecular flexibility index (Phi) is 4.65. The van der Waals surface area contributed by atoms with E-state index in [2.05, 4.69) is 15.3 Å². The van der Waals surface area contributed by atoms with Gasteiger partial charge in [-0.25, -0.2) is 14.6 Å². The molecule has 2 aliphatic rings. The summed E-state index contributed by atoms with van der Waals surface area (Å²) in [6, 6.07) is 4.26. The molecule has 0 amide bonds. The fourth-order valence-electron chi connectivity index (χ4n) is 3.97. The molecule has 0 saturated heterocycles. The second-order valence-corrected chi connectivity index (χ2v) is 7.15. The second-order valence-electron chi connectivity index (χ2n) is 7.15. The number of hydrogen-bond donors (Lipinski definition) is 1. The Balaban J connectivity index is 1.40. The van der Waals surface area contributed by atoms with E-state index in [9.17, 15) is 4.79 Å². The number of nitriles is 1. The van der Waals surface area contributed by atoms with E-state index < -0.39 is 0 Å². The summed E-state index contributed by atoms with van der Waals surface area (Å²) in [5.41, 5.74) is 2.62. The summed E-state index contributed by atoms with van der Waals surface area (Å²) in [5.74, 6) is 0.691. The predicted octanol–water partition coefficient (Wildman–Crippen LogP) is 2.38. The second kappa shape index (κ2) is 7.24. The van der Waals surface area contributed by atoms with Gasteiger partial charge in [0.25, 0.3) is 5.56 Å². The molecule has 0 aromatic carbocycles. The molecule has 2 aliphatic carbocycles. The van der Waals surface area contributed by atoms with Crippen LogP contribution in [0.15, 0.2) is 23.3 Å². The number of fused-ring (bicyclic) bond motifs is 1. The molecule has 7 heteroatoms. The highest BCUT2D eigenvalue weighted by Crippen LogP contribution is 2.29. The predicted molar refractivity (Wildman–Crippen MR) is 96.8 cm³/mol. The first-order valence-corrected chi connectivity index (χ1v) is 9.33. The van der Waals surface area contributed by atoms with Gasteiger partial charge in [-0.1, -0.05) is 0 Å². The summed E-state index contributed by atoms with van der Waals surface area (Å²) in [6.07, 6.45) is 11.1. The molecule has 0 unspecified atom stereocenters. The van der Waals surface area contributed by atoms with Crippen LogP contribution < -0.4 is 10.9 Å². The van der Waals surface area contributed by atoms with Gasteiger partial charge in [0.2, 0.25) is 0 Å². The molecule has 1 N–H and O–H groups in total. The van der Waals surface area contributed by atoms with Crippen molar-refractivity contribution in [2.24, 2.45) is 0 Å². The third-order valence-electron chi connectivity index (χ3n) is 5.39. The maximum atomic E-state index is 12.5. The van der Waals surface area contributed by atoms with E-state index in [0.717, 1.165) is 56.2 Å². The standard InChI is InChI=1S/C19H22N6O/c20-10-15-11-22-18(12-21-15)23-14-5-7-16(8-6-14)25-19(26)9-13-3-1-2-4-17(13)24-25/h9,11-12,14,16H,1-8H2,(H,22,23). The summed E-state index contributed by atoms with van der Waals surface area (Å²) in [5, 5.41) is 16.9. The molecule has 0 atom stereocenters. The van der Waals surface area contributed by atoms with Crippen molar-refractivity contribution in [3.63, 3.8) is 0 Å². The molecule has 2 aromatic rings. The number of nitrogens with zero attached hydrogens (tertiary/aromatic N) is 5. The molecule has 1 fully saturated rings. The molecular formula is C19H22N6O. The summed E-state index contributed by atoms with van der Waals surface area (Å²) in [4.78, 5) is 20.7. The van der Waals surface area contributed by atoms with Crippen LogP contribution in [0.3, 0.4) is 0 Å². The van der Waals surface area contributed by atoms with Gasteiger partial charge in [-0.2, -0.15) is 10.4 Å². The van der Waals surface area contributed by atoms with Gasteiger partial charge in [0, 0.05) is 12.1 Å². The van der Waals surface area contributed by atoms with Crippen molar-refractivity contribution in [3.05, 3.63) is 45.8 Å². The molecule has 1 saturated carbocycles. The topological polar surface area (TPSA) is 96.5 Å². The minimum absolute atomic E-state index is 0.0417. The number of hydrogen-bond acceptors (Lipinski definition) is 6. The van der Waals surface area contributed by atoms with Crippen LogP contribution in [-0.4, -0.2) is 25.8 Å². The number of nitrogens with one attached hydrogen (secondary N) is 1.